The van der Waals surface area contributed by atoms with Gasteiger partial charge in [-0.1, -0.05) is 54.7 Å². The maximum atomic E-state index is 4.35. The summed E-state index contributed by atoms with van der Waals surface area (Å²) in [4.78, 5) is 0. The SMILES string of the molecule is C=C(C)C(CCC)C1CCCCC(=CC)CCC2CC(C)=C2CC1. The predicted molar refractivity (Wildman–Crippen MR) is 108 cm³/mol. The molecule has 24 heavy (non-hydrogen) atoms. The lowest BCUT2D eigenvalue weighted by molar-refractivity contribution is 0.295. The van der Waals surface area contributed by atoms with Crippen LogP contribution in [0.5, 0.6) is 0 Å². The van der Waals surface area contributed by atoms with Gasteiger partial charge in [-0.2, -0.15) is 0 Å². The molecule has 0 heterocycles. The molecule has 0 aromatic carbocycles. The molecule has 1 fully saturated rings. The molecule has 0 radical (unpaired) electrons. The summed E-state index contributed by atoms with van der Waals surface area (Å²) in [5.74, 6) is 2.51. The smallest absolute Gasteiger partial charge is 0.0160 e. The van der Waals surface area contributed by atoms with E-state index in [0.717, 1.165) is 17.8 Å². The molecule has 0 heteroatoms. The number of hydrogen-bond donors (Lipinski definition) is 0. The van der Waals surface area contributed by atoms with Crippen LogP contribution in [0, 0.1) is 17.8 Å². The third-order valence-electron chi connectivity index (χ3n) is 6.72. The van der Waals surface area contributed by atoms with Crippen LogP contribution < -0.4 is 0 Å². The molecule has 2 aliphatic rings. The monoisotopic (exact) mass is 328 g/mol. The van der Waals surface area contributed by atoms with Crippen molar-refractivity contribution in [1.82, 2.24) is 0 Å². The van der Waals surface area contributed by atoms with Gasteiger partial charge in [0, 0.05) is 0 Å². The van der Waals surface area contributed by atoms with Gasteiger partial charge in [-0.15, -0.1) is 0 Å². The highest BCUT2D eigenvalue weighted by molar-refractivity contribution is 5.27. The average molecular weight is 329 g/mol. The van der Waals surface area contributed by atoms with Gasteiger partial charge in [0.2, 0.25) is 0 Å². The van der Waals surface area contributed by atoms with E-state index in [0.29, 0.717) is 0 Å². The molecule has 0 spiro atoms. The number of rotatable bonds is 4. The molecule has 136 valence electrons. The zero-order valence-electron chi connectivity index (χ0n) is 16.8. The minimum absolute atomic E-state index is 0.749. The van der Waals surface area contributed by atoms with E-state index in [1.807, 2.05) is 5.57 Å². The first-order chi connectivity index (χ1) is 11.6. The Balaban J connectivity index is 2.10. The van der Waals surface area contributed by atoms with Gasteiger partial charge >= 0.3 is 0 Å². The molecule has 0 aromatic rings. The van der Waals surface area contributed by atoms with Gasteiger partial charge in [0.05, 0.1) is 0 Å². The van der Waals surface area contributed by atoms with Crippen molar-refractivity contribution < 1.29 is 0 Å². The summed E-state index contributed by atoms with van der Waals surface area (Å²) in [6, 6.07) is 0. The summed E-state index contributed by atoms with van der Waals surface area (Å²) in [7, 11) is 0. The van der Waals surface area contributed by atoms with Crippen molar-refractivity contribution in [2.75, 3.05) is 0 Å². The minimum Gasteiger partial charge on any atom is -0.0999 e. The van der Waals surface area contributed by atoms with Gasteiger partial charge in [-0.3, -0.25) is 0 Å². The summed E-state index contributed by atoms with van der Waals surface area (Å²) in [5.41, 5.74) is 6.67. The van der Waals surface area contributed by atoms with E-state index in [9.17, 15) is 0 Å². The zero-order chi connectivity index (χ0) is 17.5. The van der Waals surface area contributed by atoms with E-state index in [1.165, 1.54) is 76.2 Å². The standard InChI is InChI=1S/C24H40/c1-6-10-23(18(3)4)21-12-9-8-11-20(7-2)13-14-22-17-19(5)24(22)16-15-21/h7,21-23H,3,6,8-17H2,1-2,4-5H3. The third kappa shape index (κ3) is 5.11. The molecular weight excluding hydrogens is 288 g/mol. The van der Waals surface area contributed by atoms with Crippen molar-refractivity contribution >= 4 is 0 Å². The van der Waals surface area contributed by atoms with Gasteiger partial charge in [-0.05, 0) is 96.3 Å². The lowest BCUT2D eigenvalue weighted by Crippen LogP contribution is -2.21. The van der Waals surface area contributed by atoms with Gasteiger partial charge in [-0.25, -0.2) is 0 Å². The summed E-state index contributed by atoms with van der Waals surface area (Å²) in [6.45, 7) is 13.6. The van der Waals surface area contributed by atoms with Crippen LogP contribution in [0.3, 0.4) is 0 Å². The normalized spacial score (nSPS) is 29.2. The van der Waals surface area contributed by atoms with Crippen molar-refractivity contribution in [3.05, 3.63) is 34.9 Å². The Hall–Kier alpha value is -0.780. The molecule has 2 aliphatic carbocycles. The highest BCUT2D eigenvalue weighted by Gasteiger charge is 2.29. The van der Waals surface area contributed by atoms with Crippen LogP contribution in [0.4, 0.5) is 0 Å². The molecule has 3 unspecified atom stereocenters. The molecule has 1 saturated carbocycles. The van der Waals surface area contributed by atoms with Crippen LogP contribution in [0.1, 0.15) is 98.3 Å². The average Bonchev–Trinajstić information content (AvgIpc) is 2.54. The lowest BCUT2D eigenvalue weighted by Gasteiger charge is -2.36. The van der Waals surface area contributed by atoms with Gasteiger partial charge in [0.25, 0.3) is 0 Å². The number of allylic oxidation sites excluding steroid dienone is 5. The summed E-state index contributed by atoms with van der Waals surface area (Å²) < 4.78 is 0. The molecular formula is C24H40. The van der Waals surface area contributed by atoms with Crippen LogP contribution in [0.25, 0.3) is 0 Å². The van der Waals surface area contributed by atoms with Crippen molar-refractivity contribution in [1.29, 1.82) is 0 Å². The summed E-state index contributed by atoms with van der Waals surface area (Å²) >= 11 is 0. The second-order valence-corrected chi connectivity index (χ2v) is 8.48. The number of hydrogen-bond acceptors (Lipinski definition) is 0. The molecule has 0 saturated heterocycles. The fraction of sp³-hybridized carbons (Fsp3) is 0.750. The van der Waals surface area contributed by atoms with E-state index < -0.39 is 0 Å². The first kappa shape index (κ1) is 19.5. The predicted octanol–water partition coefficient (Wildman–Crippen LogP) is 8.01. The van der Waals surface area contributed by atoms with Crippen molar-refractivity contribution in [2.24, 2.45) is 17.8 Å². The molecule has 3 atom stereocenters. The Kier molecular flexibility index (Phi) is 7.85. The largest absolute Gasteiger partial charge is 0.0999 e. The maximum absolute atomic E-state index is 4.35. The van der Waals surface area contributed by atoms with Crippen molar-refractivity contribution in [3.8, 4) is 0 Å². The Morgan fingerprint density at radius 1 is 1.17 bits per heavy atom. The van der Waals surface area contributed by atoms with E-state index in [1.54, 1.807) is 11.1 Å². The van der Waals surface area contributed by atoms with Crippen LogP contribution in [-0.4, -0.2) is 0 Å². The first-order valence-corrected chi connectivity index (χ1v) is 10.5. The van der Waals surface area contributed by atoms with E-state index in [4.69, 9.17) is 0 Å². The lowest BCUT2D eigenvalue weighted by atomic mass is 9.70. The van der Waals surface area contributed by atoms with Gasteiger partial charge in [0.15, 0.2) is 0 Å². The van der Waals surface area contributed by atoms with E-state index in [-0.39, 0.29) is 0 Å². The number of fused-ring (bicyclic) bond motifs is 1. The Bertz CT molecular complexity index is 476. The topological polar surface area (TPSA) is 0 Å². The fourth-order valence-corrected chi connectivity index (χ4v) is 5.15. The highest BCUT2D eigenvalue weighted by Crippen LogP contribution is 2.43. The second-order valence-electron chi connectivity index (χ2n) is 8.48. The molecule has 0 amide bonds. The van der Waals surface area contributed by atoms with Crippen LogP contribution in [0.2, 0.25) is 0 Å². The fourth-order valence-electron chi connectivity index (χ4n) is 5.15. The molecule has 0 bridgehead atoms. The Morgan fingerprint density at radius 2 is 1.96 bits per heavy atom. The van der Waals surface area contributed by atoms with E-state index >= 15 is 0 Å². The molecule has 0 N–H and O–H groups in total. The molecule has 0 aromatic heterocycles. The Morgan fingerprint density at radius 3 is 2.58 bits per heavy atom. The maximum Gasteiger partial charge on any atom is -0.0160 e. The van der Waals surface area contributed by atoms with Gasteiger partial charge in [0.1, 0.15) is 0 Å². The first-order valence-electron chi connectivity index (χ1n) is 10.5. The van der Waals surface area contributed by atoms with Crippen molar-refractivity contribution in [3.63, 3.8) is 0 Å². The molecule has 0 nitrogen and oxygen atoms in total. The van der Waals surface area contributed by atoms with E-state index in [2.05, 4.69) is 40.3 Å². The van der Waals surface area contributed by atoms with Crippen LogP contribution >= 0.6 is 0 Å². The zero-order valence-corrected chi connectivity index (χ0v) is 16.8. The molecule has 2 rings (SSSR count). The van der Waals surface area contributed by atoms with Crippen LogP contribution in [-0.2, 0) is 0 Å². The minimum atomic E-state index is 0.749. The van der Waals surface area contributed by atoms with Crippen molar-refractivity contribution in [2.45, 2.75) is 98.3 Å². The summed E-state index contributed by atoms with van der Waals surface area (Å²) in [6.07, 6.45) is 17.4. The quantitative estimate of drug-likeness (QED) is 0.458. The van der Waals surface area contributed by atoms with Crippen LogP contribution in [0.15, 0.2) is 34.9 Å². The Labute approximate surface area is 151 Å². The molecule has 0 aliphatic heterocycles. The van der Waals surface area contributed by atoms with Gasteiger partial charge < -0.3 is 0 Å². The highest BCUT2D eigenvalue weighted by atomic mass is 14.3. The second kappa shape index (κ2) is 9.64. The third-order valence-corrected chi connectivity index (χ3v) is 6.72. The summed E-state index contributed by atoms with van der Waals surface area (Å²) in [5, 5.41) is 0.